The van der Waals surface area contributed by atoms with Gasteiger partial charge in [-0.2, -0.15) is 0 Å². The van der Waals surface area contributed by atoms with Crippen molar-refractivity contribution in [3.05, 3.63) is 128 Å². The highest BCUT2D eigenvalue weighted by atomic mass is 35.5. The van der Waals surface area contributed by atoms with Gasteiger partial charge in [0.05, 0.1) is 34.7 Å². The molecule has 1 aliphatic rings. The Morgan fingerprint density at radius 1 is 0.918 bits per heavy atom. The van der Waals surface area contributed by atoms with Gasteiger partial charge in [0.2, 0.25) is 10.0 Å². The Bertz CT molecular complexity index is 2240. The van der Waals surface area contributed by atoms with Gasteiger partial charge in [-0.05, 0) is 58.7 Å². The van der Waals surface area contributed by atoms with Gasteiger partial charge in [-0.1, -0.05) is 41.4 Å². The van der Waals surface area contributed by atoms with Gasteiger partial charge in [-0.3, -0.25) is 14.1 Å². The van der Waals surface area contributed by atoms with Crippen molar-refractivity contribution in [1.82, 2.24) is 9.88 Å². The van der Waals surface area contributed by atoms with Gasteiger partial charge in [0.25, 0.3) is 5.91 Å². The summed E-state index contributed by atoms with van der Waals surface area (Å²) >= 11 is 12.0. The number of pyridine rings is 1. The third-order valence-corrected chi connectivity index (χ3v) is 10.0. The smallest absolute Gasteiger partial charge is 0.258 e. The van der Waals surface area contributed by atoms with Crippen molar-refractivity contribution in [3.63, 3.8) is 0 Å². The van der Waals surface area contributed by atoms with Gasteiger partial charge in [0.15, 0.2) is 5.75 Å². The van der Waals surface area contributed by atoms with E-state index in [4.69, 9.17) is 32.7 Å². The number of amides is 1. The number of rotatable bonds is 10. The number of carbonyl (C=O) groups excluding carboxylic acids is 1. The zero-order valence-electron chi connectivity index (χ0n) is 26.4. The Morgan fingerprint density at radius 3 is 2.29 bits per heavy atom. The van der Waals surface area contributed by atoms with Gasteiger partial charge in [-0.15, -0.1) is 0 Å². The molecule has 0 radical (unpaired) electrons. The Labute approximate surface area is 290 Å². The van der Waals surface area contributed by atoms with Crippen LogP contribution < -0.4 is 13.8 Å². The number of hydrogen-bond donors (Lipinski definition) is 0. The van der Waals surface area contributed by atoms with Crippen molar-refractivity contribution >= 4 is 55.7 Å². The molecule has 14 heteroatoms. The van der Waals surface area contributed by atoms with Crippen molar-refractivity contribution in [1.29, 1.82) is 0 Å². The molecule has 1 aliphatic heterocycles. The first-order valence-corrected chi connectivity index (χ1v) is 17.4. The number of ether oxygens (including phenoxy) is 2. The summed E-state index contributed by atoms with van der Waals surface area (Å²) in [5, 5.41) is -0.0400. The van der Waals surface area contributed by atoms with Crippen LogP contribution in [0.25, 0.3) is 10.9 Å². The lowest BCUT2D eigenvalue weighted by Gasteiger charge is -2.24. The molecule has 0 unspecified atom stereocenters. The summed E-state index contributed by atoms with van der Waals surface area (Å²) in [5.41, 5.74) is 2.72. The first kappa shape index (κ1) is 34.3. The lowest BCUT2D eigenvalue weighted by molar-refractivity contribution is 0.0763. The molecule has 2 heterocycles. The van der Waals surface area contributed by atoms with Crippen molar-refractivity contribution in [2.45, 2.75) is 26.1 Å². The Morgan fingerprint density at radius 2 is 1.61 bits per heavy atom. The van der Waals surface area contributed by atoms with E-state index in [-0.39, 0.29) is 64.2 Å². The molecule has 0 N–H and O–H groups in total. The minimum Gasteiger partial charge on any atom is -0.497 e. The van der Waals surface area contributed by atoms with Crippen molar-refractivity contribution in [2.24, 2.45) is 0 Å². The molecule has 254 valence electrons. The second kappa shape index (κ2) is 13.4. The predicted octanol–water partition coefficient (Wildman–Crippen LogP) is 7.69. The molecule has 8 nitrogen and oxygen atoms in total. The molecule has 0 saturated heterocycles. The van der Waals surface area contributed by atoms with Crippen LogP contribution >= 0.6 is 23.2 Å². The molecule has 0 saturated carbocycles. The highest BCUT2D eigenvalue weighted by Crippen LogP contribution is 2.46. The summed E-state index contributed by atoms with van der Waals surface area (Å²) in [6, 6.07) is 14.8. The van der Waals surface area contributed by atoms with Crippen LogP contribution in [0.15, 0.2) is 66.9 Å². The van der Waals surface area contributed by atoms with E-state index in [9.17, 15) is 26.4 Å². The van der Waals surface area contributed by atoms with Crippen LogP contribution in [0.2, 0.25) is 10.0 Å². The molecule has 0 spiro atoms. The molecule has 5 aromatic rings. The van der Waals surface area contributed by atoms with Crippen LogP contribution in [-0.2, 0) is 36.1 Å². The Balaban J connectivity index is 1.53. The molecule has 0 aliphatic carbocycles. The average molecular weight is 731 g/mol. The fraction of sp³-hybridized carbons (Fsp3) is 0.200. The lowest BCUT2D eigenvalue weighted by Crippen LogP contribution is -2.27. The molecule has 1 amide bonds. The highest BCUT2D eigenvalue weighted by molar-refractivity contribution is 7.92. The molecular weight excluding hydrogens is 702 g/mol. The minimum absolute atomic E-state index is 0.0242. The number of carbonyl (C=O) groups is 1. The molecule has 49 heavy (non-hydrogen) atoms. The van der Waals surface area contributed by atoms with E-state index in [0.717, 1.165) is 16.1 Å². The zero-order valence-corrected chi connectivity index (χ0v) is 28.7. The van der Waals surface area contributed by atoms with Gasteiger partial charge in [0.1, 0.15) is 35.3 Å². The third-order valence-electron chi connectivity index (χ3n) is 8.28. The number of sulfonamides is 1. The largest absolute Gasteiger partial charge is 0.497 e. The summed E-state index contributed by atoms with van der Waals surface area (Å²) in [4.78, 5) is 20.3. The van der Waals surface area contributed by atoms with Gasteiger partial charge in [0, 0.05) is 49.8 Å². The lowest BCUT2D eigenvalue weighted by atomic mass is 9.98. The average Bonchev–Trinajstić information content (AvgIpc) is 3.37. The molecule has 4 aromatic carbocycles. The number of nitrogens with zero attached hydrogens (tertiary/aromatic N) is 3. The van der Waals surface area contributed by atoms with Crippen LogP contribution in [0.5, 0.6) is 11.5 Å². The fourth-order valence-electron chi connectivity index (χ4n) is 5.75. The summed E-state index contributed by atoms with van der Waals surface area (Å²) in [5.74, 6) is -2.01. The predicted molar refractivity (Wildman–Crippen MR) is 181 cm³/mol. The number of benzene rings is 4. The number of anilines is 1. The fourth-order valence-corrected chi connectivity index (χ4v) is 6.68. The quantitative estimate of drug-likeness (QED) is 0.137. The van der Waals surface area contributed by atoms with Crippen LogP contribution in [0.1, 0.15) is 38.2 Å². The van der Waals surface area contributed by atoms with E-state index in [1.807, 2.05) is 0 Å². The summed E-state index contributed by atoms with van der Waals surface area (Å²) in [6.45, 7) is 0.0308. The van der Waals surface area contributed by atoms with Gasteiger partial charge >= 0.3 is 0 Å². The number of halogens is 5. The Hall–Kier alpha value is -4.52. The van der Waals surface area contributed by atoms with Gasteiger partial charge < -0.3 is 14.4 Å². The molecule has 0 bridgehead atoms. The van der Waals surface area contributed by atoms with E-state index >= 15 is 0 Å². The maximum Gasteiger partial charge on any atom is 0.258 e. The van der Waals surface area contributed by atoms with Crippen LogP contribution in [0, 0.1) is 17.5 Å². The van der Waals surface area contributed by atoms with Crippen LogP contribution in [-0.4, -0.2) is 44.6 Å². The van der Waals surface area contributed by atoms with E-state index < -0.39 is 33.4 Å². The second-order valence-electron chi connectivity index (χ2n) is 11.6. The maximum absolute atomic E-state index is 14.8. The molecule has 1 aromatic heterocycles. The van der Waals surface area contributed by atoms with E-state index in [0.29, 0.717) is 33.9 Å². The molecular formula is C35H28Cl2F3N3O5S. The van der Waals surface area contributed by atoms with Crippen LogP contribution in [0.4, 0.5) is 18.9 Å². The van der Waals surface area contributed by atoms with E-state index in [2.05, 4.69) is 4.98 Å². The number of methoxy groups -OCH3 is 1. The second-order valence-corrected chi connectivity index (χ2v) is 14.4. The topological polar surface area (TPSA) is 89.0 Å². The first-order chi connectivity index (χ1) is 23.2. The zero-order chi connectivity index (χ0) is 35.2. The number of hydrogen-bond acceptors (Lipinski definition) is 6. The Kier molecular flexibility index (Phi) is 9.40. The van der Waals surface area contributed by atoms with Crippen molar-refractivity contribution in [3.8, 4) is 11.5 Å². The first-order valence-electron chi connectivity index (χ1n) is 14.8. The highest BCUT2D eigenvalue weighted by Gasteiger charge is 2.38. The molecule has 6 rings (SSSR count). The SMILES string of the molecule is COc1ccc(COc2c3c(c(N(C)S(C)(=O)=O)c4cc(Cc5cc(Cl)c(F)cc5F)cnc24)CN(Cc2ccc(F)c(Cl)c2)C3=O)cc1. The standard InChI is InChI=1S/C35H28Cl2F3N3O5S/c1-42(49(3,45)46)33-24-11-21(10-22-13-27(37)30(40)14-29(22)39)15-41-32(24)34(48-18-19-4-7-23(47-2)8-5-19)31-25(33)17-43(35(31)44)16-20-6-9-28(38)26(36)12-20/h4-9,11-15H,10,16-18H2,1-3H3. The summed E-state index contributed by atoms with van der Waals surface area (Å²) < 4.78 is 81.3. The normalized spacial score (nSPS) is 12.8. The molecule has 0 fully saturated rings. The number of aromatic nitrogens is 1. The monoisotopic (exact) mass is 729 g/mol. The molecule has 0 atom stereocenters. The van der Waals surface area contributed by atoms with Gasteiger partial charge in [-0.25, -0.2) is 21.6 Å². The summed E-state index contributed by atoms with van der Waals surface area (Å²) in [7, 11) is -0.982. The van der Waals surface area contributed by atoms with Crippen LogP contribution in [0.3, 0.4) is 0 Å². The van der Waals surface area contributed by atoms with E-state index in [1.165, 1.54) is 42.4 Å². The van der Waals surface area contributed by atoms with Crippen molar-refractivity contribution in [2.75, 3.05) is 24.7 Å². The maximum atomic E-state index is 14.8. The number of fused-ring (bicyclic) bond motifs is 2. The minimum atomic E-state index is -3.89. The van der Waals surface area contributed by atoms with Crippen molar-refractivity contribution < 1.29 is 35.9 Å². The third kappa shape index (κ3) is 6.85. The van der Waals surface area contributed by atoms with E-state index in [1.54, 1.807) is 37.4 Å². The summed E-state index contributed by atoms with van der Waals surface area (Å²) in [6.07, 6.45) is 2.43.